The minimum atomic E-state index is -0.246. The number of hydrogen-bond acceptors (Lipinski definition) is 3. The minimum Gasteiger partial charge on any atom is -0.329 e. The molecule has 0 bridgehead atoms. The van der Waals surface area contributed by atoms with Crippen molar-refractivity contribution in [1.82, 2.24) is 14.7 Å². The maximum Gasteiger partial charge on any atom is 0.254 e. The molecule has 1 aromatic heterocycles. The fourth-order valence-electron chi connectivity index (χ4n) is 4.31. The Hall–Kier alpha value is -3.41. The number of carbonyl (C=O) groups excluding carboxylic acids is 2. The second-order valence-corrected chi connectivity index (χ2v) is 11.7. The van der Waals surface area contributed by atoms with Gasteiger partial charge in [-0.1, -0.05) is 84.2 Å². The number of unbranched alkanes of at least 4 members (excludes halogenated alkanes) is 2. The summed E-state index contributed by atoms with van der Waals surface area (Å²) in [5, 5.41) is 7.83. The van der Waals surface area contributed by atoms with Gasteiger partial charge >= 0.3 is 0 Å². The van der Waals surface area contributed by atoms with Crippen LogP contribution >= 0.6 is 0 Å². The van der Waals surface area contributed by atoms with Gasteiger partial charge < -0.3 is 10.2 Å². The molecule has 6 heteroatoms. The Morgan fingerprint density at radius 3 is 2.24 bits per heavy atom. The molecular weight excluding hydrogens is 472 g/mol. The van der Waals surface area contributed by atoms with Crippen LogP contribution in [0.2, 0.25) is 0 Å². The summed E-state index contributed by atoms with van der Waals surface area (Å²) >= 11 is 0. The average molecular weight is 517 g/mol. The maximum absolute atomic E-state index is 13.4. The molecule has 2 amide bonds. The van der Waals surface area contributed by atoms with Crippen molar-refractivity contribution >= 4 is 17.6 Å². The number of aryl methyl sites for hydroxylation is 2. The first-order chi connectivity index (χ1) is 18.0. The number of benzene rings is 2. The molecule has 0 spiro atoms. The average Bonchev–Trinajstić information content (AvgIpc) is 3.28. The second kappa shape index (κ2) is 12.9. The lowest BCUT2D eigenvalue weighted by Gasteiger charge is -2.24. The number of anilines is 1. The summed E-state index contributed by atoms with van der Waals surface area (Å²) in [5.74, 6) is 0.447. The summed E-state index contributed by atoms with van der Waals surface area (Å²) in [7, 11) is 0. The van der Waals surface area contributed by atoms with Gasteiger partial charge in [-0.15, -0.1) is 0 Å². The van der Waals surface area contributed by atoms with Gasteiger partial charge in [0.25, 0.3) is 5.91 Å². The van der Waals surface area contributed by atoms with E-state index in [0.717, 1.165) is 29.8 Å². The normalized spacial score (nSPS) is 11.6. The van der Waals surface area contributed by atoms with Crippen LogP contribution in [-0.4, -0.2) is 39.6 Å². The molecular formula is C32H44N4O2. The fraction of sp³-hybridized carbons (Fsp3) is 0.469. The molecule has 2 aromatic carbocycles. The largest absolute Gasteiger partial charge is 0.329 e. The maximum atomic E-state index is 13.4. The number of carbonyl (C=O) groups is 2. The Kier molecular flexibility index (Phi) is 9.90. The third kappa shape index (κ3) is 8.04. The number of aromatic nitrogens is 2. The third-order valence-corrected chi connectivity index (χ3v) is 6.50. The van der Waals surface area contributed by atoms with Gasteiger partial charge in [-0.2, -0.15) is 5.10 Å². The number of rotatable bonds is 11. The van der Waals surface area contributed by atoms with Crippen molar-refractivity contribution in [3.8, 4) is 5.69 Å². The number of hydrogen-bond donors (Lipinski definition) is 1. The van der Waals surface area contributed by atoms with Crippen molar-refractivity contribution in [2.45, 2.75) is 79.6 Å². The van der Waals surface area contributed by atoms with E-state index in [1.165, 1.54) is 18.4 Å². The van der Waals surface area contributed by atoms with Crippen molar-refractivity contribution in [3.63, 3.8) is 0 Å². The first-order valence-electron chi connectivity index (χ1n) is 13.8. The first kappa shape index (κ1) is 29.2. The van der Waals surface area contributed by atoms with Crippen molar-refractivity contribution < 1.29 is 9.59 Å². The molecule has 1 N–H and O–H groups in total. The number of amides is 2. The van der Waals surface area contributed by atoms with Crippen LogP contribution in [0.1, 0.15) is 88.0 Å². The zero-order chi connectivity index (χ0) is 27.9. The van der Waals surface area contributed by atoms with Gasteiger partial charge in [-0.3, -0.25) is 9.59 Å². The van der Waals surface area contributed by atoms with E-state index in [2.05, 4.69) is 46.9 Å². The summed E-state index contributed by atoms with van der Waals surface area (Å²) in [6, 6.07) is 17.8. The lowest BCUT2D eigenvalue weighted by molar-refractivity contribution is -0.117. The van der Waals surface area contributed by atoms with Crippen molar-refractivity contribution in [2.75, 3.05) is 18.4 Å². The van der Waals surface area contributed by atoms with E-state index >= 15 is 0 Å². The Balaban J connectivity index is 1.79. The van der Waals surface area contributed by atoms with E-state index in [9.17, 15) is 9.59 Å². The fourth-order valence-corrected chi connectivity index (χ4v) is 4.31. The van der Waals surface area contributed by atoms with Crippen LogP contribution in [0.15, 0.2) is 54.6 Å². The third-order valence-electron chi connectivity index (χ3n) is 6.50. The van der Waals surface area contributed by atoms with Gasteiger partial charge in [-0.25, -0.2) is 4.68 Å². The van der Waals surface area contributed by atoms with Crippen LogP contribution in [0, 0.1) is 12.8 Å². The molecule has 0 aliphatic rings. The Labute approximate surface area is 228 Å². The highest BCUT2D eigenvalue weighted by Gasteiger charge is 2.24. The second-order valence-electron chi connectivity index (χ2n) is 11.7. The van der Waals surface area contributed by atoms with Gasteiger partial charge in [0, 0.05) is 23.6 Å². The molecule has 204 valence electrons. The van der Waals surface area contributed by atoms with Gasteiger partial charge in [0.15, 0.2) is 0 Å². The molecule has 38 heavy (non-hydrogen) atoms. The molecule has 3 aromatic rings. The molecule has 0 aliphatic carbocycles. The molecule has 0 radical (unpaired) electrons. The SMILES string of the molecule is CCCCCc1ccc(C(=O)N(CC(=O)Nc2cc(C(C)(C)C)nn2-c2ccc(C)cc2)CC(C)C)cc1. The Morgan fingerprint density at radius 1 is 1.00 bits per heavy atom. The smallest absolute Gasteiger partial charge is 0.254 e. The van der Waals surface area contributed by atoms with E-state index in [1.807, 2.05) is 61.5 Å². The molecule has 0 unspecified atom stereocenters. The van der Waals surface area contributed by atoms with Crippen molar-refractivity contribution in [1.29, 1.82) is 0 Å². The van der Waals surface area contributed by atoms with E-state index in [0.29, 0.717) is 17.9 Å². The predicted octanol–water partition coefficient (Wildman–Crippen LogP) is 6.95. The van der Waals surface area contributed by atoms with Crippen LogP contribution < -0.4 is 5.32 Å². The monoisotopic (exact) mass is 516 g/mol. The summed E-state index contributed by atoms with van der Waals surface area (Å²) in [5.41, 5.74) is 4.56. The van der Waals surface area contributed by atoms with Gasteiger partial charge in [0.05, 0.1) is 11.4 Å². The van der Waals surface area contributed by atoms with Gasteiger partial charge in [-0.05, 0) is 55.5 Å². The zero-order valence-corrected chi connectivity index (χ0v) is 24.2. The van der Waals surface area contributed by atoms with Crippen LogP contribution in [0.3, 0.4) is 0 Å². The van der Waals surface area contributed by atoms with E-state index in [-0.39, 0.29) is 29.7 Å². The van der Waals surface area contributed by atoms with Crippen molar-refractivity contribution in [2.24, 2.45) is 5.92 Å². The first-order valence-corrected chi connectivity index (χ1v) is 13.8. The van der Waals surface area contributed by atoms with Gasteiger partial charge in [0.1, 0.15) is 12.4 Å². The van der Waals surface area contributed by atoms with E-state index in [4.69, 9.17) is 5.10 Å². The molecule has 0 saturated carbocycles. The molecule has 1 heterocycles. The standard InChI is InChI=1S/C32H44N4O2/c1-8-9-10-11-25-14-16-26(17-15-25)31(38)35(21-23(2)3)22-30(37)33-29-20-28(32(5,6)7)34-36(29)27-18-12-24(4)13-19-27/h12-20,23H,8-11,21-22H2,1-7H3,(H,33,37). The Morgan fingerprint density at radius 2 is 1.66 bits per heavy atom. The van der Waals surface area contributed by atoms with E-state index in [1.54, 1.807) is 9.58 Å². The summed E-state index contributed by atoms with van der Waals surface area (Å²) in [6.07, 6.45) is 4.56. The van der Waals surface area contributed by atoms with Crippen LogP contribution in [0.5, 0.6) is 0 Å². The molecule has 0 saturated heterocycles. The highest BCUT2D eigenvalue weighted by molar-refractivity contribution is 5.99. The summed E-state index contributed by atoms with van der Waals surface area (Å²) in [6.45, 7) is 15.1. The van der Waals surface area contributed by atoms with E-state index < -0.39 is 0 Å². The molecule has 0 aliphatic heterocycles. The van der Waals surface area contributed by atoms with Crippen LogP contribution in [0.25, 0.3) is 5.69 Å². The van der Waals surface area contributed by atoms with Crippen molar-refractivity contribution in [3.05, 3.63) is 77.0 Å². The molecule has 3 rings (SSSR count). The predicted molar refractivity (Wildman–Crippen MR) is 156 cm³/mol. The lowest BCUT2D eigenvalue weighted by atomic mass is 9.92. The van der Waals surface area contributed by atoms with Crippen LogP contribution in [0.4, 0.5) is 5.82 Å². The summed E-state index contributed by atoms with van der Waals surface area (Å²) < 4.78 is 1.77. The molecule has 6 nitrogen and oxygen atoms in total. The molecule has 0 atom stereocenters. The lowest BCUT2D eigenvalue weighted by Crippen LogP contribution is -2.40. The highest BCUT2D eigenvalue weighted by Crippen LogP contribution is 2.26. The zero-order valence-electron chi connectivity index (χ0n) is 24.2. The number of nitrogens with zero attached hydrogens (tertiary/aromatic N) is 3. The van der Waals surface area contributed by atoms with Crippen LogP contribution in [-0.2, 0) is 16.6 Å². The summed E-state index contributed by atoms with van der Waals surface area (Å²) in [4.78, 5) is 28.4. The molecule has 0 fully saturated rings. The topological polar surface area (TPSA) is 67.2 Å². The Bertz CT molecular complexity index is 1200. The minimum absolute atomic E-state index is 0.0286. The van der Waals surface area contributed by atoms with Gasteiger partial charge in [0.2, 0.25) is 5.91 Å². The quantitative estimate of drug-likeness (QED) is 0.281. The number of nitrogens with one attached hydrogen (secondary N) is 1. The highest BCUT2D eigenvalue weighted by atomic mass is 16.2.